The summed E-state index contributed by atoms with van der Waals surface area (Å²) in [5.74, 6) is 0.674. The number of thiocarbonyl (C=S) groups is 1. The third-order valence-corrected chi connectivity index (χ3v) is 3.37. The molecule has 0 amide bonds. The van der Waals surface area contributed by atoms with Gasteiger partial charge in [-0.1, -0.05) is 50.3 Å². The first kappa shape index (κ1) is 17.1. The van der Waals surface area contributed by atoms with Crippen molar-refractivity contribution in [3.63, 3.8) is 0 Å². The highest BCUT2D eigenvalue weighted by Crippen LogP contribution is 2.09. The molecule has 0 spiro atoms. The predicted octanol–water partition coefficient (Wildman–Crippen LogP) is 2.34. The zero-order chi connectivity index (χ0) is 15.1. The molecule has 0 atom stereocenters. The SMILES string of the molecule is CC(C)CN(CCN(C)C)Cc1ccc(C(N)=S)cc1. The van der Waals surface area contributed by atoms with Gasteiger partial charge in [-0.2, -0.15) is 0 Å². The first-order valence-electron chi connectivity index (χ1n) is 7.14. The molecular formula is C16H27N3S. The Morgan fingerprint density at radius 3 is 2.20 bits per heavy atom. The largest absolute Gasteiger partial charge is 0.389 e. The molecule has 0 aliphatic carbocycles. The second-order valence-corrected chi connectivity index (χ2v) is 6.43. The number of nitrogens with zero attached hydrogens (tertiary/aromatic N) is 2. The van der Waals surface area contributed by atoms with Crippen molar-refractivity contribution in [2.75, 3.05) is 33.7 Å². The molecule has 0 bridgehead atoms. The van der Waals surface area contributed by atoms with Crippen LogP contribution in [0.15, 0.2) is 24.3 Å². The van der Waals surface area contributed by atoms with E-state index in [-0.39, 0.29) is 0 Å². The Bertz CT molecular complexity index is 412. The summed E-state index contributed by atoms with van der Waals surface area (Å²) in [5.41, 5.74) is 7.87. The van der Waals surface area contributed by atoms with Crippen LogP contribution in [0.3, 0.4) is 0 Å². The van der Waals surface area contributed by atoms with E-state index in [1.165, 1.54) is 5.56 Å². The van der Waals surface area contributed by atoms with Gasteiger partial charge in [0.15, 0.2) is 0 Å². The molecule has 0 radical (unpaired) electrons. The summed E-state index contributed by atoms with van der Waals surface area (Å²) in [4.78, 5) is 5.19. The number of benzene rings is 1. The van der Waals surface area contributed by atoms with E-state index in [1.54, 1.807) is 0 Å². The molecule has 2 N–H and O–H groups in total. The van der Waals surface area contributed by atoms with Crippen LogP contribution < -0.4 is 5.73 Å². The summed E-state index contributed by atoms with van der Waals surface area (Å²) in [6, 6.07) is 8.27. The molecule has 1 rings (SSSR count). The van der Waals surface area contributed by atoms with Crippen LogP contribution >= 0.6 is 12.2 Å². The Morgan fingerprint density at radius 2 is 1.75 bits per heavy atom. The number of likely N-dealkylation sites (N-methyl/N-ethyl adjacent to an activating group) is 1. The quantitative estimate of drug-likeness (QED) is 0.746. The first-order chi connectivity index (χ1) is 9.38. The van der Waals surface area contributed by atoms with Crippen LogP contribution in [0.5, 0.6) is 0 Å². The lowest BCUT2D eigenvalue weighted by Gasteiger charge is -2.26. The minimum atomic E-state index is 0.461. The molecule has 1 aromatic carbocycles. The van der Waals surface area contributed by atoms with Crippen LogP contribution in [0.4, 0.5) is 0 Å². The topological polar surface area (TPSA) is 32.5 Å². The highest BCUT2D eigenvalue weighted by molar-refractivity contribution is 7.80. The smallest absolute Gasteiger partial charge is 0.103 e. The fraction of sp³-hybridized carbons (Fsp3) is 0.562. The molecule has 0 aliphatic rings. The van der Waals surface area contributed by atoms with Crippen LogP contribution in [0.2, 0.25) is 0 Å². The molecule has 0 aromatic heterocycles. The van der Waals surface area contributed by atoms with E-state index in [0.717, 1.165) is 31.7 Å². The monoisotopic (exact) mass is 293 g/mol. The van der Waals surface area contributed by atoms with Crippen molar-refractivity contribution in [2.24, 2.45) is 11.7 Å². The van der Waals surface area contributed by atoms with E-state index in [2.05, 4.69) is 49.9 Å². The first-order valence-corrected chi connectivity index (χ1v) is 7.55. The van der Waals surface area contributed by atoms with Crippen LogP contribution in [0, 0.1) is 5.92 Å². The Morgan fingerprint density at radius 1 is 1.15 bits per heavy atom. The van der Waals surface area contributed by atoms with Gasteiger partial charge in [0, 0.05) is 31.7 Å². The van der Waals surface area contributed by atoms with Crippen LogP contribution in [-0.2, 0) is 6.54 Å². The molecule has 112 valence electrons. The Labute approximate surface area is 128 Å². The summed E-state index contributed by atoms with van der Waals surface area (Å²) < 4.78 is 0. The third-order valence-electron chi connectivity index (χ3n) is 3.13. The number of hydrogen-bond acceptors (Lipinski definition) is 3. The molecule has 4 heteroatoms. The van der Waals surface area contributed by atoms with Crippen molar-refractivity contribution in [1.29, 1.82) is 0 Å². The summed E-state index contributed by atoms with van der Waals surface area (Å²) in [6.45, 7) is 8.78. The second-order valence-electron chi connectivity index (χ2n) is 5.99. The molecule has 0 heterocycles. The molecule has 20 heavy (non-hydrogen) atoms. The highest BCUT2D eigenvalue weighted by atomic mass is 32.1. The van der Waals surface area contributed by atoms with Crippen LogP contribution in [0.1, 0.15) is 25.0 Å². The van der Waals surface area contributed by atoms with E-state index in [4.69, 9.17) is 18.0 Å². The Balaban J connectivity index is 2.65. The van der Waals surface area contributed by atoms with Crippen molar-refractivity contribution < 1.29 is 0 Å². The van der Waals surface area contributed by atoms with Crippen molar-refractivity contribution in [1.82, 2.24) is 9.80 Å². The fourth-order valence-electron chi connectivity index (χ4n) is 2.13. The van der Waals surface area contributed by atoms with E-state index in [1.807, 2.05) is 12.1 Å². The van der Waals surface area contributed by atoms with Crippen molar-refractivity contribution in [3.8, 4) is 0 Å². The summed E-state index contributed by atoms with van der Waals surface area (Å²) in [6.07, 6.45) is 0. The predicted molar refractivity (Wildman–Crippen MR) is 91.0 cm³/mol. The Hall–Kier alpha value is -0.970. The lowest BCUT2D eigenvalue weighted by Crippen LogP contribution is -2.34. The summed E-state index contributed by atoms with van der Waals surface area (Å²) in [7, 11) is 4.23. The van der Waals surface area contributed by atoms with Crippen molar-refractivity contribution in [2.45, 2.75) is 20.4 Å². The van der Waals surface area contributed by atoms with Gasteiger partial charge in [0.05, 0.1) is 0 Å². The molecule has 0 saturated heterocycles. The van der Waals surface area contributed by atoms with E-state index in [9.17, 15) is 0 Å². The summed E-state index contributed by atoms with van der Waals surface area (Å²) >= 11 is 4.98. The lowest BCUT2D eigenvalue weighted by molar-refractivity contribution is 0.212. The molecular weight excluding hydrogens is 266 g/mol. The molecule has 0 aliphatic heterocycles. The normalized spacial score (nSPS) is 11.6. The van der Waals surface area contributed by atoms with Gasteiger partial charge >= 0.3 is 0 Å². The van der Waals surface area contributed by atoms with E-state index < -0.39 is 0 Å². The molecule has 0 unspecified atom stereocenters. The van der Waals surface area contributed by atoms with Crippen LogP contribution in [-0.4, -0.2) is 48.5 Å². The number of hydrogen-bond donors (Lipinski definition) is 1. The van der Waals surface area contributed by atoms with Crippen LogP contribution in [0.25, 0.3) is 0 Å². The maximum absolute atomic E-state index is 5.63. The van der Waals surface area contributed by atoms with E-state index >= 15 is 0 Å². The summed E-state index contributed by atoms with van der Waals surface area (Å²) in [5, 5.41) is 0. The van der Waals surface area contributed by atoms with Crippen molar-refractivity contribution in [3.05, 3.63) is 35.4 Å². The van der Waals surface area contributed by atoms with Gasteiger partial charge in [-0.05, 0) is 25.6 Å². The third kappa shape index (κ3) is 6.46. The Kier molecular flexibility index (Phi) is 7.13. The molecule has 0 saturated carbocycles. The number of rotatable bonds is 8. The maximum Gasteiger partial charge on any atom is 0.103 e. The minimum absolute atomic E-state index is 0.461. The highest BCUT2D eigenvalue weighted by Gasteiger charge is 2.09. The number of nitrogens with two attached hydrogens (primary N) is 1. The van der Waals surface area contributed by atoms with Gasteiger partial charge in [0.1, 0.15) is 4.99 Å². The van der Waals surface area contributed by atoms with E-state index in [0.29, 0.717) is 10.9 Å². The average molecular weight is 293 g/mol. The second kappa shape index (κ2) is 8.35. The molecule has 0 fully saturated rings. The lowest BCUT2D eigenvalue weighted by atomic mass is 10.1. The van der Waals surface area contributed by atoms with Gasteiger partial charge in [-0.15, -0.1) is 0 Å². The van der Waals surface area contributed by atoms with Gasteiger partial charge in [-0.25, -0.2) is 0 Å². The maximum atomic E-state index is 5.63. The average Bonchev–Trinajstić information content (AvgIpc) is 2.36. The minimum Gasteiger partial charge on any atom is -0.389 e. The van der Waals surface area contributed by atoms with Gasteiger partial charge in [-0.3, -0.25) is 4.90 Å². The molecule has 3 nitrogen and oxygen atoms in total. The van der Waals surface area contributed by atoms with Gasteiger partial charge in [0.2, 0.25) is 0 Å². The zero-order valence-electron chi connectivity index (χ0n) is 13.1. The van der Waals surface area contributed by atoms with Gasteiger partial charge < -0.3 is 10.6 Å². The fourth-order valence-corrected chi connectivity index (χ4v) is 2.26. The molecule has 1 aromatic rings. The van der Waals surface area contributed by atoms with Gasteiger partial charge in [0.25, 0.3) is 0 Å². The zero-order valence-corrected chi connectivity index (χ0v) is 13.9. The standard InChI is InChI=1S/C16H27N3S/c1-13(2)11-19(10-9-18(3)4)12-14-5-7-15(8-6-14)16(17)20/h5-8,13H,9-12H2,1-4H3,(H2,17,20). The van der Waals surface area contributed by atoms with Crippen molar-refractivity contribution >= 4 is 17.2 Å².